The molecule has 1 aliphatic rings. The molecule has 2 heterocycles. The molecular weight excluding hydrogens is 310 g/mol. The highest BCUT2D eigenvalue weighted by Gasteiger charge is 2.33. The highest BCUT2D eigenvalue weighted by molar-refractivity contribution is 5.97. The summed E-state index contributed by atoms with van der Waals surface area (Å²) in [4.78, 5) is 19.2. The van der Waals surface area contributed by atoms with Crippen molar-refractivity contribution < 1.29 is 18.8 Å². The fourth-order valence-corrected chi connectivity index (χ4v) is 3.01. The maximum Gasteiger partial charge on any atom is 0.258 e. The van der Waals surface area contributed by atoms with E-state index in [-0.39, 0.29) is 11.9 Å². The molecule has 7 heteroatoms. The van der Waals surface area contributed by atoms with Crippen LogP contribution in [0.1, 0.15) is 47.4 Å². The van der Waals surface area contributed by atoms with Crippen molar-refractivity contribution in [1.82, 2.24) is 15.0 Å². The number of aryl methyl sites for hydroxylation is 1. The summed E-state index contributed by atoms with van der Waals surface area (Å²) in [7, 11) is 3.12. The van der Waals surface area contributed by atoms with Gasteiger partial charge in [0.25, 0.3) is 5.91 Å². The average molecular weight is 331 g/mol. The van der Waals surface area contributed by atoms with Gasteiger partial charge in [-0.25, -0.2) is 0 Å². The van der Waals surface area contributed by atoms with Crippen molar-refractivity contribution in [2.24, 2.45) is 0 Å². The average Bonchev–Trinajstić information content (AvgIpc) is 3.06. The Hall–Kier alpha value is -2.57. The third kappa shape index (κ3) is 3.06. The summed E-state index contributed by atoms with van der Waals surface area (Å²) in [6, 6.07) is 5.00. The van der Waals surface area contributed by atoms with E-state index in [1.165, 1.54) is 0 Å². The molecule has 1 amide bonds. The lowest BCUT2D eigenvalue weighted by Crippen LogP contribution is -2.38. The van der Waals surface area contributed by atoms with Gasteiger partial charge in [0.15, 0.2) is 5.82 Å². The maximum atomic E-state index is 13.1. The summed E-state index contributed by atoms with van der Waals surface area (Å²) in [6.45, 7) is 2.43. The van der Waals surface area contributed by atoms with Crippen LogP contribution in [0.3, 0.4) is 0 Å². The molecule has 0 radical (unpaired) electrons. The summed E-state index contributed by atoms with van der Waals surface area (Å²) in [5.74, 6) is 2.10. The Balaban J connectivity index is 1.92. The summed E-state index contributed by atoms with van der Waals surface area (Å²) in [6.07, 6.45) is 2.79. The number of nitrogens with zero attached hydrogens (tertiary/aromatic N) is 3. The molecule has 7 nitrogen and oxygen atoms in total. The molecule has 1 atom stereocenters. The predicted octanol–water partition coefficient (Wildman–Crippen LogP) is 2.76. The number of ether oxygens (including phenoxy) is 2. The second-order valence-electron chi connectivity index (χ2n) is 5.76. The van der Waals surface area contributed by atoms with Crippen LogP contribution in [-0.4, -0.2) is 41.7 Å². The highest BCUT2D eigenvalue weighted by atomic mass is 16.5. The number of carbonyl (C=O) groups excluding carboxylic acids is 1. The number of aromatic nitrogens is 2. The zero-order valence-electron chi connectivity index (χ0n) is 14.1. The topological polar surface area (TPSA) is 77.7 Å². The number of piperidine rings is 1. The molecule has 1 saturated heterocycles. The number of carbonyl (C=O) groups is 1. The number of hydrogen-bond donors (Lipinski definition) is 0. The van der Waals surface area contributed by atoms with Crippen molar-refractivity contribution in [1.29, 1.82) is 0 Å². The van der Waals surface area contributed by atoms with Crippen LogP contribution in [0.25, 0.3) is 0 Å². The standard InChI is InChI=1S/C17H21N3O4/c1-11-18-16(24-19-11)14-6-4-5-9-20(14)17(21)13-8-7-12(22-2)10-15(13)23-3/h7-8,10,14H,4-6,9H2,1-3H3. The summed E-state index contributed by atoms with van der Waals surface area (Å²) in [5.41, 5.74) is 0.501. The highest BCUT2D eigenvalue weighted by Crippen LogP contribution is 2.33. The van der Waals surface area contributed by atoms with Gasteiger partial charge in [0, 0.05) is 12.6 Å². The van der Waals surface area contributed by atoms with E-state index in [9.17, 15) is 4.79 Å². The van der Waals surface area contributed by atoms with Crippen LogP contribution in [0, 0.1) is 6.92 Å². The minimum absolute atomic E-state index is 0.102. The number of likely N-dealkylation sites (tertiary alicyclic amines) is 1. The van der Waals surface area contributed by atoms with Crippen molar-refractivity contribution in [3.8, 4) is 11.5 Å². The molecule has 0 saturated carbocycles. The second-order valence-corrected chi connectivity index (χ2v) is 5.76. The Bertz CT molecular complexity index is 728. The Morgan fingerprint density at radius 1 is 1.29 bits per heavy atom. The van der Waals surface area contributed by atoms with Gasteiger partial charge >= 0.3 is 0 Å². The molecule has 2 aromatic rings. The first kappa shape index (κ1) is 16.3. The minimum Gasteiger partial charge on any atom is -0.497 e. The van der Waals surface area contributed by atoms with E-state index in [4.69, 9.17) is 14.0 Å². The maximum absolute atomic E-state index is 13.1. The number of hydrogen-bond acceptors (Lipinski definition) is 6. The lowest BCUT2D eigenvalue weighted by molar-refractivity contribution is 0.0558. The van der Waals surface area contributed by atoms with Crippen molar-refractivity contribution in [3.05, 3.63) is 35.5 Å². The molecule has 1 aromatic heterocycles. The van der Waals surface area contributed by atoms with E-state index in [1.807, 2.05) is 0 Å². The van der Waals surface area contributed by atoms with Crippen LogP contribution in [0.5, 0.6) is 11.5 Å². The van der Waals surface area contributed by atoms with E-state index in [0.717, 1.165) is 19.3 Å². The zero-order valence-corrected chi connectivity index (χ0v) is 14.1. The fraction of sp³-hybridized carbons (Fsp3) is 0.471. The Labute approximate surface area is 140 Å². The first-order valence-corrected chi connectivity index (χ1v) is 7.97. The van der Waals surface area contributed by atoms with Gasteiger partial charge in [-0.05, 0) is 38.3 Å². The minimum atomic E-state index is -0.195. The van der Waals surface area contributed by atoms with Crippen molar-refractivity contribution in [3.63, 3.8) is 0 Å². The molecular formula is C17H21N3O4. The molecule has 3 rings (SSSR count). The smallest absolute Gasteiger partial charge is 0.258 e. The van der Waals surface area contributed by atoms with Gasteiger partial charge in [-0.3, -0.25) is 4.79 Å². The number of methoxy groups -OCH3 is 2. The van der Waals surface area contributed by atoms with Crippen LogP contribution >= 0.6 is 0 Å². The summed E-state index contributed by atoms with van der Waals surface area (Å²) in [5, 5.41) is 3.85. The van der Waals surface area contributed by atoms with E-state index in [1.54, 1.807) is 44.2 Å². The van der Waals surface area contributed by atoms with Gasteiger partial charge < -0.3 is 18.9 Å². The largest absolute Gasteiger partial charge is 0.497 e. The lowest BCUT2D eigenvalue weighted by Gasteiger charge is -2.33. The fourth-order valence-electron chi connectivity index (χ4n) is 3.01. The van der Waals surface area contributed by atoms with Gasteiger partial charge in [-0.1, -0.05) is 5.16 Å². The molecule has 24 heavy (non-hydrogen) atoms. The van der Waals surface area contributed by atoms with Gasteiger partial charge in [-0.15, -0.1) is 0 Å². The summed E-state index contributed by atoms with van der Waals surface area (Å²) < 4.78 is 15.9. The van der Waals surface area contributed by atoms with E-state index >= 15 is 0 Å². The van der Waals surface area contributed by atoms with Crippen molar-refractivity contribution >= 4 is 5.91 Å². The molecule has 0 N–H and O–H groups in total. The number of amides is 1. The zero-order chi connectivity index (χ0) is 17.1. The van der Waals surface area contributed by atoms with Crippen LogP contribution in [0.4, 0.5) is 0 Å². The molecule has 1 aromatic carbocycles. The monoisotopic (exact) mass is 331 g/mol. The van der Waals surface area contributed by atoms with Crippen LogP contribution in [-0.2, 0) is 0 Å². The molecule has 1 unspecified atom stereocenters. The Kier molecular flexibility index (Phi) is 4.69. The van der Waals surface area contributed by atoms with Crippen molar-refractivity contribution in [2.45, 2.75) is 32.2 Å². The van der Waals surface area contributed by atoms with Crippen LogP contribution in [0.2, 0.25) is 0 Å². The molecule has 0 spiro atoms. The SMILES string of the molecule is COc1ccc(C(=O)N2CCCCC2c2nc(C)no2)c(OC)c1. The third-order valence-corrected chi connectivity index (χ3v) is 4.23. The van der Waals surface area contributed by atoms with E-state index in [2.05, 4.69) is 10.1 Å². The molecule has 0 aliphatic carbocycles. The van der Waals surface area contributed by atoms with Crippen LogP contribution < -0.4 is 9.47 Å². The van der Waals surface area contributed by atoms with Gasteiger partial charge in [0.05, 0.1) is 19.8 Å². The first-order valence-electron chi connectivity index (χ1n) is 7.97. The summed E-state index contributed by atoms with van der Waals surface area (Å²) >= 11 is 0. The van der Waals surface area contributed by atoms with Crippen LogP contribution in [0.15, 0.2) is 22.7 Å². The second kappa shape index (κ2) is 6.90. The van der Waals surface area contributed by atoms with Gasteiger partial charge in [0.2, 0.25) is 5.89 Å². The van der Waals surface area contributed by atoms with Gasteiger partial charge in [-0.2, -0.15) is 4.98 Å². The molecule has 1 fully saturated rings. The normalized spacial score (nSPS) is 17.6. The van der Waals surface area contributed by atoms with E-state index < -0.39 is 0 Å². The molecule has 1 aliphatic heterocycles. The quantitative estimate of drug-likeness (QED) is 0.857. The molecule has 128 valence electrons. The van der Waals surface area contributed by atoms with Crippen molar-refractivity contribution in [2.75, 3.05) is 20.8 Å². The van der Waals surface area contributed by atoms with Gasteiger partial charge in [0.1, 0.15) is 17.5 Å². The predicted molar refractivity (Wildman–Crippen MR) is 86.2 cm³/mol. The first-order chi connectivity index (χ1) is 11.6. The number of rotatable bonds is 4. The number of benzene rings is 1. The Morgan fingerprint density at radius 3 is 2.79 bits per heavy atom. The van der Waals surface area contributed by atoms with E-state index in [0.29, 0.717) is 35.3 Å². The lowest BCUT2D eigenvalue weighted by atomic mass is 10.0. The Morgan fingerprint density at radius 2 is 2.12 bits per heavy atom. The molecule has 0 bridgehead atoms. The third-order valence-electron chi connectivity index (χ3n) is 4.23.